The molecule has 0 unspecified atom stereocenters. The second kappa shape index (κ2) is 6.33. The zero-order valence-electron chi connectivity index (χ0n) is 10.4. The quantitative estimate of drug-likeness (QED) is 0.820. The molecular formula is C12H15NO5S. The third-order valence-corrected chi connectivity index (χ3v) is 4.19. The van der Waals surface area contributed by atoms with Crippen molar-refractivity contribution in [3.05, 3.63) is 24.3 Å². The first-order valence-electron chi connectivity index (χ1n) is 5.69. The summed E-state index contributed by atoms with van der Waals surface area (Å²) in [6, 6.07) is 5.76. The number of carbonyl (C=O) groups excluding carboxylic acids is 1. The highest BCUT2D eigenvalue weighted by molar-refractivity contribution is 7.91. The summed E-state index contributed by atoms with van der Waals surface area (Å²) in [5.41, 5.74) is 0.436. The molecule has 0 saturated carbocycles. The van der Waals surface area contributed by atoms with E-state index in [-0.39, 0.29) is 23.5 Å². The van der Waals surface area contributed by atoms with Gasteiger partial charge in [0.1, 0.15) is 0 Å². The molecule has 0 spiro atoms. The Bertz CT molecular complexity index is 562. The standard InChI is InChI=1S/C12H15NO5S/c1-2-19(17,18)10-5-3-9(4-6-10)13-11(14)7-8-12(15)16/h3-6H,2,7-8H2,1H3,(H,13,14)(H,15,16). The van der Waals surface area contributed by atoms with Crippen LogP contribution in [0.1, 0.15) is 19.8 Å². The van der Waals surface area contributed by atoms with Crippen molar-refractivity contribution < 1.29 is 23.1 Å². The van der Waals surface area contributed by atoms with Gasteiger partial charge in [0, 0.05) is 12.1 Å². The second-order valence-corrected chi connectivity index (χ2v) is 6.15. The fraction of sp³-hybridized carbons (Fsp3) is 0.333. The van der Waals surface area contributed by atoms with Gasteiger partial charge in [-0.3, -0.25) is 9.59 Å². The second-order valence-electron chi connectivity index (χ2n) is 3.87. The lowest BCUT2D eigenvalue weighted by molar-refractivity contribution is -0.138. The molecule has 0 bridgehead atoms. The molecule has 19 heavy (non-hydrogen) atoms. The number of aliphatic carboxylic acids is 1. The lowest BCUT2D eigenvalue weighted by Crippen LogP contribution is -2.13. The van der Waals surface area contributed by atoms with Crippen LogP contribution in [0.4, 0.5) is 5.69 Å². The van der Waals surface area contributed by atoms with Gasteiger partial charge in [0.05, 0.1) is 17.1 Å². The smallest absolute Gasteiger partial charge is 0.303 e. The Labute approximate surface area is 111 Å². The summed E-state index contributed by atoms with van der Waals surface area (Å²) in [6.45, 7) is 1.55. The lowest BCUT2D eigenvalue weighted by Gasteiger charge is -2.06. The summed E-state index contributed by atoms with van der Waals surface area (Å²) < 4.78 is 23.1. The number of nitrogens with one attached hydrogen (secondary N) is 1. The molecule has 0 aromatic heterocycles. The fourth-order valence-electron chi connectivity index (χ4n) is 1.36. The van der Waals surface area contributed by atoms with Crippen molar-refractivity contribution in [1.82, 2.24) is 0 Å². The summed E-state index contributed by atoms with van der Waals surface area (Å²) in [4.78, 5) is 21.9. The molecule has 2 N–H and O–H groups in total. The lowest BCUT2D eigenvalue weighted by atomic mass is 10.2. The van der Waals surface area contributed by atoms with Gasteiger partial charge in [-0.15, -0.1) is 0 Å². The Balaban J connectivity index is 2.67. The van der Waals surface area contributed by atoms with Crippen molar-refractivity contribution >= 4 is 27.4 Å². The number of rotatable bonds is 6. The number of hydrogen-bond acceptors (Lipinski definition) is 4. The van der Waals surface area contributed by atoms with Gasteiger partial charge in [-0.2, -0.15) is 0 Å². The van der Waals surface area contributed by atoms with Crippen LogP contribution < -0.4 is 5.32 Å². The number of carbonyl (C=O) groups is 2. The first-order valence-corrected chi connectivity index (χ1v) is 7.35. The van der Waals surface area contributed by atoms with Crippen LogP contribution in [0.5, 0.6) is 0 Å². The average molecular weight is 285 g/mol. The summed E-state index contributed by atoms with van der Waals surface area (Å²) in [7, 11) is -3.26. The fourth-order valence-corrected chi connectivity index (χ4v) is 2.24. The molecular weight excluding hydrogens is 270 g/mol. The molecule has 1 aromatic carbocycles. The van der Waals surface area contributed by atoms with Gasteiger partial charge in [0.2, 0.25) is 5.91 Å². The zero-order chi connectivity index (χ0) is 14.5. The van der Waals surface area contributed by atoms with E-state index >= 15 is 0 Å². The van der Waals surface area contributed by atoms with Gasteiger partial charge in [-0.05, 0) is 24.3 Å². The Morgan fingerprint density at radius 1 is 1.16 bits per heavy atom. The topological polar surface area (TPSA) is 101 Å². The van der Waals surface area contributed by atoms with Crippen molar-refractivity contribution in [2.75, 3.05) is 11.1 Å². The van der Waals surface area contributed by atoms with Crippen LogP contribution in [0, 0.1) is 0 Å². The highest BCUT2D eigenvalue weighted by Crippen LogP contribution is 2.15. The van der Waals surface area contributed by atoms with E-state index < -0.39 is 21.7 Å². The molecule has 7 heteroatoms. The molecule has 1 rings (SSSR count). The van der Waals surface area contributed by atoms with Crippen LogP contribution in [0.25, 0.3) is 0 Å². The number of anilines is 1. The van der Waals surface area contributed by atoms with Gasteiger partial charge in [-0.1, -0.05) is 6.92 Å². The predicted octanol–water partition coefficient (Wildman–Crippen LogP) is 1.28. The van der Waals surface area contributed by atoms with Crippen LogP contribution in [0.2, 0.25) is 0 Å². The average Bonchev–Trinajstić information content (AvgIpc) is 2.37. The Morgan fingerprint density at radius 3 is 2.21 bits per heavy atom. The largest absolute Gasteiger partial charge is 0.481 e. The van der Waals surface area contributed by atoms with Crippen molar-refractivity contribution in [2.45, 2.75) is 24.7 Å². The Hall–Kier alpha value is -1.89. The van der Waals surface area contributed by atoms with Gasteiger partial charge in [0.15, 0.2) is 9.84 Å². The monoisotopic (exact) mass is 285 g/mol. The van der Waals surface area contributed by atoms with E-state index in [1.807, 2.05) is 0 Å². The van der Waals surface area contributed by atoms with Crippen molar-refractivity contribution in [2.24, 2.45) is 0 Å². The minimum Gasteiger partial charge on any atom is -0.481 e. The van der Waals surface area contributed by atoms with E-state index in [2.05, 4.69) is 5.32 Å². The predicted molar refractivity (Wildman–Crippen MR) is 69.7 cm³/mol. The number of carboxylic acids is 1. The number of carboxylic acid groups (broad SMARTS) is 1. The van der Waals surface area contributed by atoms with Crippen LogP contribution in [0.3, 0.4) is 0 Å². The molecule has 1 aromatic rings. The number of sulfone groups is 1. The van der Waals surface area contributed by atoms with E-state index in [9.17, 15) is 18.0 Å². The van der Waals surface area contributed by atoms with E-state index in [4.69, 9.17) is 5.11 Å². The summed E-state index contributed by atoms with van der Waals surface area (Å²) >= 11 is 0. The van der Waals surface area contributed by atoms with Gasteiger partial charge >= 0.3 is 5.97 Å². The normalized spacial score (nSPS) is 11.0. The highest BCUT2D eigenvalue weighted by Gasteiger charge is 2.11. The van der Waals surface area contributed by atoms with Crippen molar-refractivity contribution in [1.29, 1.82) is 0 Å². The molecule has 0 saturated heterocycles. The minimum absolute atomic E-state index is 0.0112. The van der Waals surface area contributed by atoms with Crippen LogP contribution >= 0.6 is 0 Å². The molecule has 104 valence electrons. The van der Waals surface area contributed by atoms with Crippen LogP contribution in [-0.4, -0.2) is 31.2 Å². The van der Waals surface area contributed by atoms with Gasteiger partial charge < -0.3 is 10.4 Å². The van der Waals surface area contributed by atoms with E-state index in [0.717, 1.165) is 0 Å². The number of amides is 1. The third kappa shape index (κ3) is 4.70. The molecule has 0 atom stereocenters. The van der Waals surface area contributed by atoms with E-state index in [0.29, 0.717) is 5.69 Å². The third-order valence-electron chi connectivity index (χ3n) is 2.44. The SMILES string of the molecule is CCS(=O)(=O)c1ccc(NC(=O)CCC(=O)O)cc1. The zero-order valence-corrected chi connectivity index (χ0v) is 11.2. The summed E-state index contributed by atoms with van der Waals surface area (Å²) in [6.07, 6.45) is -0.363. The van der Waals surface area contributed by atoms with E-state index in [1.165, 1.54) is 24.3 Å². The van der Waals surface area contributed by atoms with Crippen LogP contribution in [-0.2, 0) is 19.4 Å². The van der Waals surface area contributed by atoms with E-state index in [1.54, 1.807) is 6.92 Å². The van der Waals surface area contributed by atoms with Gasteiger partial charge in [-0.25, -0.2) is 8.42 Å². The van der Waals surface area contributed by atoms with Crippen molar-refractivity contribution in [3.8, 4) is 0 Å². The first kappa shape index (κ1) is 15.2. The first-order chi connectivity index (χ1) is 8.85. The molecule has 0 radical (unpaired) electrons. The molecule has 1 amide bonds. The highest BCUT2D eigenvalue weighted by atomic mass is 32.2. The molecule has 6 nitrogen and oxygen atoms in total. The molecule has 0 aliphatic heterocycles. The van der Waals surface area contributed by atoms with Gasteiger partial charge in [0.25, 0.3) is 0 Å². The maximum absolute atomic E-state index is 11.6. The maximum Gasteiger partial charge on any atom is 0.303 e. The number of hydrogen-bond donors (Lipinski definition) is 2. The minimum atomic E-state index is -3.26. The maximum atomic E-state index is 11.6. The Kier molecular flexibility index (Phi) is 5.05. The molecule has 0 aliphatic rings. The molecule has 0 aliphatic carbocycles. The van der Waals surface area contributed by atoms with Crippen molar-refractivity contribution in [3.63, 3.8) is 0 Å². The van der Waals surface area contributed by atoms with Crippen LogP contribution in [0.15, 0.2) is 29.2 Å². The Morgan fingerprint density at radius 2 is 1.74 bits per heavy atom. The summed E-state index contributed by atoms with van der Waals surface area (Å²) in [5.74, 6) is -1.45. The molecule has 0 fully saturated rings. The molecule has 0 heterocycles. The number of benzene rings is 1. The summed E-state index contributed by atoms with van der Waals surface area (Å²) in [5, 5.41) is 10.9.